The summed E-state index contributed by atoms with van der Waals surface area (Å²) in [6, 6.07) is 5.58. The fourth-order valence-corrected chi connectivity index (χ4v) is 5.64. The van der Waals surface area contributed by atoms with E-state index in [4.69, 9.17) is 17.2 Å². The van der Waals surface area contributed by atoms with Crippen molar-refractivity contribution in [3.05, 3.63) is 63.5 Å². The molecule has 0 radical (unpaired) electrons. The summed E-state index contributed by atoms with van der Waals surface area (Å²) in [5.41, 5.74) is 22.7. The molecule has 1 aromatic carbocycles. The quantitative estimate of drug-likeness (QED) is 0.320. The molecule has 2 amide bonds. The molecular formula is C26H35N7O2. The second kappa shape index (κ2) is 10.1. The lowest BCUT2D eigenvalue weighted by Gasteiger charge is -2.40. The number of primary amides is 2. The number of hydrogen-bond acceptors (Lipinski definition) is 6. The Morgan fingerprint density at radius 3 is 2.60 bits per heavy atom. The summed E-state index contributed by atoms with van der Waals surface area (Å²) >= 11 is 0. The summed E-state index contributed by atoms with van der Waals surface area (Å²) in [4.78, 5) is 23.8. The fourth-order valence-electron chi connectivity index (χ4n) is 5.64. The van der Waals surface area contributed by atoms with Crippen LogP contribution in [0.5, 0.6) is 0 Å². The van der Waals surface area contributed by atoms with Crippen molar-refractivity contribution < 1.29 is 9.59 Å². The first kappa shape index (κ1) is 24.8. The van der Waals surface area contributed by atoms with Crippen LogP contribution in [-0.2, 0) is 16.6 Å². The molecule has 1 saturated carbocycles. The number of carbonyl (C=O) groups is 2. The van der Waals surface area contributed by atoms with Crippen LogP contribution in [0.4, 0.5) is 0 Å². The van der Waals surface area contributed by atoms with E-state index in [2.05, 4.69) is 27.5 Å². The minimum atomic E-state index is -0.716. The van der Waals surface area contributed by atoms with Gasteiger partial charge in [-0.1, -0.05) is 41.8 Å². The molecule has 1 aromatic heterocycles. The minimum Gasteiger partial charge on any atom is -0.366 e. The number of amides is 2. The third-order valence-electron chi connectivity index (χ3n) is 8.03. The normalized spacial score (nSPS) is 21.7. The highest BCUT2D eigenvalue weighted by Gasteiger charge is 2.46. The molecule has 0 saturated heterocycles. The highest BCUT2D eigenvalue weighted by Crippen LogP contribution is 2.49. The zero-order valence-corrected chi connectivity index (χ0v) is 20.5. The molecule has 2 unspecified atom stereocenters. The number of allylic oxidation sites excluding steroid dienone is 3. The largest absolute Gasteiger partial charge is 0.366 e. The van der Waals surface area contributed by atoms with Crippen LogP contribution in [0.2, 0.25) is 0 Å². The third-order valence-corrected chi connectivity index (χ3v) is 8.03. The van der Waals surface area contributed by atoms with E-state index in [1.807, 2.05) is 25.1 Å². The molecule has 35 heavy (non-hydrogen) atoms. The Kier molecular flexibility index (Phi) is 7.16. The molecule has 4 rings (SSSR count). The Balaban J connectivity index is 1.91. The first-order valence-corrected chi connectivity index (χ1v) is 12.4. The maximum absolute atomic E-state index is 12.0. The number of H-pyrrole nitrogens is 1. The number of rotatable bonds is 9. The maximum atomic E-state index is 12.0. The summed E-state index contributed by atoms with van der Waals surface area (Å²) in [5, 5.41) is 15.5. The molecule has 2 aliphatic carbocycles. The van der Waals surface area contributed by atoms with Gasteiger partial charge in [-0.2, -0.15) is 5.21 Å². The van der Waals surface area contributed by atoms with Gasteiger partial charge in [-0.25, -0.2) is 0 Å². The number of nitrogens with one attached hydrogen (secondary N) is 1. The number of tetrazole rings is 1. The Labute approximate surface area is 205 Å². The molecule has 9 nitrogen and oxygen atoms in total. The molecular weight excluding hydrogens is 442 g/mol. The Morgan fingerprint density at radius 2 is 2.03 bits per heavy atom. The number of benzene rings is 1. The van der Waals surface area contributed by atoms with E-state index in [-0.39, 0.29) is 6.04 Å². The number of fused-ring (bicyclic) bond motifs is 1. The van der Waals surface area contributed by atoms with Gasteiger partial charge in [-0.3, -0.25) is 9.59 Å². The summed E-state index contributed by atoms with van der Waals surface area (Å²) in [7, 11) is 0. The number of hydrogen-bond donors (Lipinski definition) is 4. The second-order valence-electron chi connectivity index (χ2n) is 9.82. The van der Waals surface area contributed by atoms with Crippen molar-refractivity contribution in [2.45, 2.75) is 76.7 Å². The van der Waals surface area contributed by atoms with E-state index in [1.54, 1.807) is 6.07 Å². The first-order valence-electron chi connectivity index (χ1n) is 12.4. The van der Waals surface area contributed by atoms with E-state index in [1.165, 1.54) is 12.0 Å². The highest BCUT2D eigenvalue weighted by molar-refractivity contribution is 5.93. The summed E-state index contributed by atoms with van der Waals surface area (Å²) in [6.45, 7) is 4.04. The second-order valence-corrected chi connectivity index (χ2v) is 9.82. The molecule has 2 aliphatic rings. The van der Waals surface area contributed by atoms with Crippen LogP contribution in [0.3, 0.4) is 0 Å². The number of nitrogens with two attached hydrogens (primary N) is 3. The summed E-state index contributed by atoms with van der Waals surface area (Å²) in [6.07, 6.45) is 8.62. The smallest absolute Gasteiger partial charge is 0.248 e. The van der Waals surface area contributed by atoms with E-state index < -0.39 is 17.2 Å². The van der Waals surface area contributed by atoms with E-state index in [9.17, 15) is 9.59 Å². The molecule has 0 aliphatic heterocycles. The molecule has 0 spiro atoms. The van der Waals surface area contributed by atoms with Crippen LogP contribution in [0.15, 0.2) is 41.0 Å². The van der Waals surface area contributed by atoms with Gasteiger partial charge in [0.1, 0.15) is 0 Å². The summed E-state index contributed by atoms with van der Waals surface area (Å²) in [5.74, 6) is 0.153. The molecule has 186 valence electrons. The van der Waals surface area contributed by atoms with Crippen molar-refractivity contribution in [2.75, 3.05) is 0 Å². The van der Waals surface area contributed by atoms with E-state index in [0.29, 0.717) is 48.6 Å². The number of aromatic nitrogens is 4. The van der Waals surface area contributed by atoms with Crippen LogP contribution in [-0.4, -0.2) is 38.5 Å². The third kappa shape index (κ3) is 4.65. The maximum Gasteiger partial charge on any atom is 0.248 e. The van der Waals surface area contributed by atoms with Gasteiger partial charge in [-0.05, 0) is 81.0 Å². The lowest BCUT2D eigenvalue weighted by atomic mass is 9.64. The van der Waals surface area contributed by atoms with E-state index in [0.717, 1.165) is 36.0 Å². The SMILES string of the molecule is CC/C(=C\CC1=C(C)C(CC(N)C2CCC2)(c2nn[nH]n2)c2ccc(C(N)=O)cc2CC1)C(N)=O. The average Bonchev–Trinajstić information content (AvgIpc) is 3.30. The zero-order valence-electron chi connectivity index (χ0n) is 20.5. The molecule has 2 aromatic rings. The molecule has 7 N–H and O–H groups in total. The molecule has 0 bridgehead atoms. The Hall–Kier alpha value is -3.33. The number of nitrogens with zero attached hydrogens (tertiary/aromatic N) is 3. The van der Waals surface area contributed by atoms with Crippen molar-refractivity contribution >= 4 is 11.8 Å². The van der Waals surface area contributed by atoms with Gasteiger partial charge in [0.2, 0.25) is 11.8 Å². The number of carbonyl (C=O) groups excluding carboxylic acids is 2. The highest BCUT2D eigenvalue weighted by atomic mass is 16.1. The van der Waals surface area contributed by atoms with Gasteiger partial charge >= 0.3 is 0 Å². The van der Waals surface area contributed by atoms with Crippen molar-refractivity contribution in [1.29, 1.82) is 0 Å². The monoisotopic (exact) mass is 477 g/mol. The van der Waals surface area contributed by atoms with Gasteiger partial charge in [0.05, 0.1) is 5.41 Å². The van der Waals surface area contributed by atoms with Gasteiger partial charge < -0.3 is 17.2 Å². The van der Waals surface area contributed by atoms with Crippen LogP contribution in [0, 0.1) is 5.92 Å². The van der Waals surface area contributed by atoms with Gasteiger partial charge in [0.15, 0.2) is 5.82 Å². The summed E-state index contributed by atoms with van der Waals surface area (Å²) < 4.78 is 0. The van der Waals surface area contributed by atoms with Crippen molar-refractivity contribution in [3.63, 3.8) is 0 Å². The Morgan fingerprint density at radius 1 is 1.26 bits per heavy atom. The minimum absolute atomic E-state index is 0.0485. The zero-order chi connectivity index (χ0) is 25.2. The van der Waals surface area contributed by atoms with Crippen LogP contribution >= 0.6 is 0 Å². The lowest BCUT2D eigenvalue weighted by Crippen LogP contribution is -2.44. The molecule has 9 heteroatoms. The van der Waals surface area contributed by atoms with Crippen molar-refractivity contribution in [2.24, 2.45) is 23.1 Å². The van der Waals surface area contributed by atoms with Gasteiger partial charge in [0, 0.05) is 17.2 Å². The topological polar surface area (TPSA) is 167 Å². The predicted octanol–water partition coefficient (Wildman–Crippen LogP) is 2.58. The van der Waals surface area contributed by atoms with Crippen LogP contribution in [0.1, 0.15) is 86.1 Å². The molecule has 1 fully saturated rings. The predicted molar refractivity (Wildman–Crippen MR) is 133 cm³/mol. The lowest BCUT2D eigenvalue weighted by molar-refractivity contribution is -0.114. The van der Waals surface area contributed by atoms with Crippen LogP contribution < -0.4 is 17.2 Å². The van der Waals surface area contributed by atoms with Gasteiger partial charge in [-0.15, -0.1) is 10.2 Å². The first-order chi connectivity index (χ1) is 16.8. The van der Waals surface area contributed by atoms with Crippen LogP contribution in [0.25, 0.3) is 0 Å². The Bertz CT molecular complexity index is 1160. The van der Waals surface area contributed by atoms with E-state index >= 15 is 0 Å². The number of aryl methyl sites for hydroxylation is 1. The number of aromatic amines is 1. The molecule has 2 atom stereocenters. The van der Waals surface area contributed by atoms with Crippen molar-refractivity contribution in [3.8, 4) is 0 Å². The fraction of sp³-hybridized carbons (Fsp3) is 0.500. The standard InChI is InChI=1S/C26H35N7O2/c1-3-16(23(28)34)7-8-17-9-10-19-13-20(24(29)35)11-12-21(19)26(15(17)2,25-30-32-33-31-25)14-22(27)18-5-4-6-18/h7,11-13,18,22H,3-6,8-10,14,27H2,1-2H3,(H2,28,34)(H2,29,35)(H,30,31,32,33)/b16-7+. The average molecular weight is 478 g/mol. The van der Waals surface area contributed by atoms with Gasteiger partial charge in [0.25, 0.3) is 0 Å². The van der Waals surface area contributed by atoms with Crippen molar-refractivity contribution in [1.82, 2.24) is 20.6 Å². The molecule has 1 heterocycles.